The standard InChI is InChI=1S/C22H21N3OS/c1-4-19-17(13-26)6-5-7-20(19)22-25-24-21(27-22)16-9-8-15(10-14(2)3)18(11-16)12-23/h5-9,11,13-14H,4,10H2,1-3H3. The molecule has 3 aromatic rings. The maximum Gasteiger partial charge on any atom is 0.150 e. The maximum atomic E-state index is 11.3. The predicted molar refractivity (Wildman–Crippen MR) is 109 cm³/mol. The van der Waals surface area contributed by atoms with Crippen LogP contribution in [0.3, 0.4) is 0 Å². The smallest absolute Gasteiger partial charge is 0.150 e. The highest BCUT2D eigenvalue weighted by Crippen LogP contribution is 2.33. The van der Waals surface area contributed by atoms with Crippen LogP contribution in [-0.2, 0) is 12.8 Å². The molecule has 5 heteroatoms. The number of rotatable bonds is 6. The van der Waals surface area contributed by atoms with E-state index in [9.17, 15) is 10.1 Å². The number of hydrogen-bond donors (Lipinski definition) is 0. The van der Waals surface area contributed by atoms with Crippen molar-refractivity contribution in [3.05, 3.63) is 58.7 Å². The lowest BCUT2D eigenvalue weighted by molar-refractivity contribution is 0.112. The van der Waals surface area contributed by atoms with Gasteiger partial charge >= 0.3 is 0 Å². The number of hydrogen-bond acceptors (Lipinski definition) is 5. The van der Waals surface area contributed by atoms with Crippen LogP contribution in [0.15, 0.2) is 36.4 Å². The predicted octanol–water partition coefficient (Wildman–Crippen LogP) is 5.32. The van der Waals surface area contributed by atoms with Crippen LogP contribution in [0.4, 0.5) is 0 Å². The normalized spacial score (nSPS) is 10.8. The van der Waals surface area contributed by atoms with Gasteiger partial charge in [0.25, 0.3) is 0 Å². The summed E-state index contributed by atoms with van der Waals surface area (Å²) in [7, 11) is 0. The Kier molecular flexibility index (Phi) is 5.78. The van der Waals surface area contributed by atoms with Crippen molar-refractivity contribution in [1.82, 2.24) is 10.2 Å². The second-order valence-electron chi connectivity index (χ2n) is 6.84. The zero-order valence-corrected chi connectivity index (χ0v) is 16.5. The van der Waals surface area contributed by atoms with Crippen molar-refractivity contribution in [2.45, 2.75) is 33.6 Å². The van der Waals surface area contributed by atoms with Crippen molar-refractivity contribution in [2.75, 3.05) is 0 Å². The SMILES string of the molecule is CCc1c(C=O)cccc1-c1nnc(-c2ccc(CC(C)C)c(C#N)c2)s1. The third-order valence-electron chi connectivity index (χ3n) is 4.45. The highest BCUT2D eigenvalue weighted by atomic mass is 32.1. The maximum absolute atomic E-state index is 11.3. The van der Waals surface area contributed by atoms with Gasteiger partial charge in [-0.1, -0.05) is 62.4 Å². The first-order chi connectivity index (χ1) is 13.1. The molecule has 2 aromatic carbocycles. The van der Waals surface area contributed by atoms with Crippen LogP contribution < -0.4 is 0 Å². The number of carbonyl (C=O) groups is 1. The van der Waals surface area contributed by atoms with E-state index in [1.165, 1.54) is 11.3 Å². The third kappa shape index (κ3) is 3.96. The van der Waals surface area contributed by atoms with E-state index < -0.39 is 0 Å². The summed E-state index contributed by atoms with van der Waals surface area (Å²) in [6.07, 6.45) is 2.52. The first kappa shape index (κ1) is 18.9. The summed E-state index contributed by atoms with van der Waals surface area (Å²) in [5.74, 6) is 0.494. The van der Waals surface area contributed by atoms with E-state index in [2.05, 4.69) is 30.1 Å². The second kappa shape index (κ2) is 8.24. The first-order valence-corrected chi connectivity index (χ1v) is 9.83. The van der Waals surface area contributed by atoms with E-state index in [0.717, 1.165) is 51.4 Å². The summed E-state index contributed by atoms with van der Waals surface area (Å²) in [6.45, 7) is 6.32. The second-order valence-corrected chi connectivity index (χ2v) is 7.82. The molecule has 1 aromatic heterocycles. The molecule has 0 saturated heterocycles. The molecule has 0 spiro atoms. The molecule has 0 amide bonds. The Hall–Kier alpha value is -2.84. The van der Waals surface area contributed by atoms with E-state index >= 15 is 0 Å². The van der Waals surface area contributed by atoms with E-state index in [1.807, 2.05) is 43.3 Å². The molecule has 0 radical (unpaired) electrons. The molecule has 27 heavy (non-hydrogen) atoms. The molecule has 0 aliphatic carbocycles. The lowest BCUT2D eigenvalue weighted by atomic mass is 9.97. The number of carbonyl (C=O) groups excluding carboxylic acids is 1. The zero-order valence-electron chi connectivity index (χ0n) is 15.7. The highest BCUT2D eigenvalue weighted by Gasteiger charge is 2.15. The Balaban J connectivity index is 2.00. The highest BCUT2D eigenvalue weighted by molar-refractivity contribution is 7.17. The van der Waals surface area contributed by atoms with Crippen molar-refractivity contribution >= 4 is 17.6 Å². The Bertz CT molecular complexity index is 1010. The van der Waals surface area contributed by atoms with Crippen molar-refractivity contribution in [1.29, 1.82) is 5.26 Å². The molecule has 0 aliphatic heterocycles. The van der Waals surface area contributed by atoms with Gasteiger partial charge in [0.2, 0.25) is 0 Å². The van der Waals surface area contributed by atoms with Crippen LogP contribution in [-0.4, -0.2) is 16.5 Å². The molecule has 1 heterocycles. The molecule has 0 saturated carbocycles. The minimum absolute atomic E-state index is 0.494. The van der Waals surface area contributed by atoms with Gasteiger partial charge in [-0.25, -0.2) is 0 Å². The lowest BCUT2D eigenvalue weighted by Gasteiger charge is -2.08. The van der Waals surface area contributed by atoms with Gasteiger partial charge in [-0.15, -0.1) is 10.2 Å². The van der Waals surface area contributed by atoms with Gasteiger partial charge in [0.05, 0.1) is 11.6 Å². The molecule has 0 bridgehead atoms. The summed E-state index contributed by atoms with van der Waals surface area (Å²) in [5.41, 5.74) is 5.27. The molecule has 0 atom stereocenters. The van der Waals surface area contributed by atoms with Crippen molar-refractivity contribution in [2.24, 2.45) is 5.92 Å². The summed E-state index contributed by atoms with van der Waals surface area (Å²) >= 11 is 1.48. The minimum Gasteiger partial charge on any atom is -0.298 e. The summed E-state index contributed by atoms with van der Waals surface area (Å²) in [6, 6.07) is 13.9. The molecule has 4 nitrogen and oxygen atoms in total. The number of aldehydes is 1. The van der Waals surface area contributed by atoms with Crippen LogP contribution in [0.25, 0.3) is 21.1 Å². The molecular weight excluding hydrogens is 354 g/mol. The Morgan fingerprint density at radius 2 is 1.96 bits per heavy atom. The number of benzene rings is 2. The number of nitriles is 1. The first-order valence-electron chi connectivity index (χ1n) is 9.01. The average Bonchev–Trinajstić information content (AvgIpc) is 3.17. The van der Waals surface area contributed by atoms with Crippen LogP contribution in [0.2, 0.25) is 0 Å². The van der Waals surface area contributed by atoms with Gasteiger partial charge in [0.15, 0.2) is 0 Å². The largest absolute Gasteiger partial charge is 0.298 e. The van der Waals surface area contributed by atoms with Gasteiger partial charge in [0, 0.05) is 16.7 Å². The average molecular weight is 375 g/mol. The fourth-order valence-corrected chi connectivity index (χ4v) is 4.08. The van der Waals surface area contributed by atoms with Gasteiger partial charge in [-0.2, -0.15) is 5.26 Å². The molecule has 0 N–H and O–H groups in total. The van der Waals surface area contributed by atoms with E-state index in [0.29, 0.717) is 17.0 Å². The number of nitrogens with zero attached hydrogens (tertiary/aromatic N) is 3. The van der Waals surface area contributed by atoms with Crippen molar-refractivity contribution in [3.63, 3.8) is 0 Å². The van der Waals surface area contributed by atoms with Crippen molar-refractivity contribution in [3.8, 4) is 27.2 Å². The molecule has 0 unspecified atom stereocenters. The van der Waals surface area contributed by atoms with Crippen LogP contribution in [0.1, 0.15) is 47.8 Å². The Morgan fingerprint density at radius 3 is 2.63 bits per heavy atom. The lowest BCUT2D eigenvalue weighted by Crippen LogP contribution is -1.97. The van der Waals surface area contributed by atoms with Gasteiger partial charge in [0.1, 0.15) is 16.3 Å². The van der Waals surface area contributed by atoms with Crippen molar-refractivity contribution < 1.29 is 4.79 Å². The minimum atomic E-state index is 0.494. The Labute approximate surface area is 163 Å². The fourth-order valence-electron chi connectivity index (χ4n) is 3.19. The topological polar surface area (TPSA) is 66.6 Å². The van der Waals surface area contributed by atoms with Crippen LogP contribution >= 0.6 is 11.3 Å². The summed E-state index contributed by atoms with van der Waals surface area (Å²) < 4.78 is 0. The monoisotopic (exact) mass is 375 g/mol. The quantitative estimate of drug-likeness (QED) is 0.547. The zero-order chi connectivity index (χ0) is 19.4. The van der Waals surface area contributed by atoms with E-state index in [-0.39, 0.29) is 0 Å². The molecule has 136 valence electrons. The summed E-state index contributed by atoms with van der Waals surface area (Å²) in [5, 5.41) is 19.7. The molecule has 0 fully saturated rings. The van der Waals surface area contributed by atoms with Crippen LogP contribution in [0, 0.1) is 17.2 Å². The fraction of sp³-hybridized carbons (Fsp3) is 0.273. The Morgan fingerprint density at radius 1 is 1.19 bits per heavy atom. The van der Waals surface area contributed by atoms with E-state index in [1.54, 1.807) is 0 Å². The molecular formula is C22H21N3OS. The summed E-state index contributed by atoms with van der Waals surface area (Å²) in [4.78, 5) is 11.3. The van der Waals surface area contributed by atoms with Gasteiger partial charge < -0.3 is 0 Å². The van der Waals surface area contributed by atoms with E-state index in [4.69, 9.17) is 0 Å². The van der Waals surface area contributed by atoms with Gasteiger partial charge in [-0.05, 0) is 36.0 Å². The molecule has 3 rings (SSSR count). The molecule has 0 aliphatic rings. The van der Waals surface area contributed by atoms with Crippen LogP contribution in [0.5, 0.6) is 0 Å². The number of aromatic nitrogens is 2. The van der Waals surface area contributed by atoms with Gasteiger partial charge in [-0.3, -0.25) is 4.79 Å². The third-order valence-corrected chi connectivity index (χ3v) is 5.46.